The Kier molecular flexibility index (Phi) is 3.71. The number of fused-ring (bicyclic) bond motifs is 1. The molecule has 0 aliphatic rings. The normalized spacial score (nSPS) is 11.3. The number of nitrogens with one attached hydrogen (secondary N) is 2. The standard InChI is InChI=1S/C10H16N4S/c1-11-4-5-12-3-2-9-8-15-10-13-6-7-14(9)10/h6-8,11-12H,2-5H2,1H3. The van der Waals surface area contributed by atoms with Crippen molar-refractivity contribution >= 4 is 16.3 Å². The van der Waals surface area contributed by atoms with Gasteiger partial charge in [-0.2, -0.15) is 0 Å². The van der Waals surface area contributed by atoms with Crippen molar-refractivity contribution < 1.29 is 0 Å². The van der Waals surface area contributed by atoms with Crippen LogP contribution in [0.1, 0.15) is 5.69 Å². The molecule has 0 saturated carbocycles. The molecule has 0 radical (unpaired) electrons. The molecule has 0 aromatic carbocycles. The molecule has 0 atom stereocenters. The van der Waals surface area contributed by atoms with Crippen LogP contribution in [0.15, 0.2) is 17.8 Å². The number of hydrogen-bond acceptors (Lipinski definition) is 4. The first-order valence-electron chi connectivity index (χ1n) is 5.16. The monoisotopic (exact) mass is 224 g/mol. The van der Waals surface area contributed by atoms with Gasteiger partial charge < -0.3 is 10.6 Å². The Bertz CT molecular complexity index is 406. The van der Waals surface area contributed by atoms with Crippen molar-refractivity contribution in [3.63, 3.8) is 0 Å². The molecular weight excluding hydrogens is 208 g/mol. The van der Waals surface area contributed by atoms with Gasteiger partial charge in [-0.3, -0.25) is 4.40 Å². The fourth-order valence-corrected chi connectivity index (χ4v) is 2.39. The first-order valence-corrected chi connectivity index (χ1v) is 6.04. The first-order chi connectivity index (χ1) is 7.42. The third kappa shape index (κ3) is 2.56. The van der Waals surface area contributed by atoms with Gasteiger partial charge in [0.25, 0.3) is 0 Å². The molecule has 0 aliphatic heterocycles. The Morgan fingerprint density at radius 3 is 3.20 bits per heavy atom. The van der Waals surface area contributed by atoms with Gasteiger partial charge in [-0.25, -0.2) is 4.98 Å². The Balaban J connectivity index is 1.82. The Hall–Kier alpha value is -0.910. The average Bonchev–Trinajstić information content (AvgIpc) is 2.81. The summed E-state index contributed by atoms with van der Waals surface area (Å²) < 4.78 is 2.16. The topological polar surface area (TPSA) is 41.4 Å². The van der Waals surface area contributed by atoms with E-state index in [9.17, 15) is 0 Å². The first kappa shape index (κ1) is 10.6. The number of rotatable bonds is 6. The van der Waals surface area contributed by atoms with Crippen molar-refractivity contribution in [3.8, 4) is 0 Å². The highest BCUT2D eigenvalue weighted by molar-refractivity contribution is 7.15. The van der Waals surface area contributed by atoms with E-state index in [4.69, 9.17) is 0 Å². The predicted molar refractivity (Wildman–Crippen MR) is 63.6 cm³/mol. The zero-order valence-electron chi connectivity index (χ0n) is 8.86. The maximum atomic E-state index is 4.25. The lowest BCUT2D eigenvalue weighted by Gasteiger charge is -2.03. The molecule has 0 aliphatic carbocycles. The number of imidazole rings is 1. The summed E-state index contributed by atoms with van der Waals surface area (Å²) in [6, 6.07) is 0. The van der Waals surface area contributed by atoms with E-state index in [2.05, 4.69) is 25.4 Å². The molecule has 15 heavy (non-hydrogen) atoms. The van der Waals surface area contributed by atoms with E-state index in [0.717, 1.165) is 31.0 Å². The maximum Gasteiger partial charge on any atom is 0.193 e. The van der Waals surface area contributed by atoms with Crippen LogP contribution >= 0.6 is 11.3 Å². The van der Waals surface area contributed by atoms with Crippen molar-refractivity contribution in [3.05, 3.63) is 23.5 Å². The van der Waals surface area contributed by atoms with Gasteiger partial charge in [-0.1, -0.05) is 0 Å². The van der Waals surface area contributed by atoms with Gasteiger partial charge in [0.2, 0.25) is 0 Å². The van der Waals surface area contributed by atoms with E-state index in [1.165, 1.54) is 5.69 Å². The summed E-state index contributed by atoms with van der Waals surface area (Å²) in [5, 5.41) is 8.68. The fourth-order valence-electron chi connectivity index (χ4n) is 1.51. The minimum Gasteiger partial charge on any atom is -0.318 e. The second-order valence-corrected chi connectivity index (χ2v) is 4.25. The molecule has 0 saturated heterocycles. The molecule has 2 heterocycles. The van der Waals surface area contributed by atoms with Crippen LogP contribution in [0.2, 0.25) is 0 Å². The molecule has 2 aromatic rings. The molecule has 5 heteroatoms. The summed E-state index contributed by atoms with van der Waals surface area (Å²) in [6.45, 7) is 3.06. The summed E-state index contributed by atoms with van der Waals surface area (Å²) in [5.41, 5.74) is 1.34. The average molecular weight is 224 g/mol. The van der Waals surface area contributed by atoms with Crippen molar-refractivity contribution in [2.24, 2.45) is 0 Å². The summed E-state index contributed by atoms with van der Waals surface area (Å²) >= 11 is 1.70. The molecule has 4 nitrogen and oxygen atoms in total. The lowest BCUT2D eigenvalue weighted by Crippen LogP contribution is -2.26. The lowest BCUT2D eigenvalue weighted by molar-refractivity contribution is 0.644. The van der Waals surface area contributed by atoms with Crippen LogP contribution in [-0.4, -0.2) is 36.1 Å². The van der Waals surface area contributed by atoms with E-state index in [-0.39, 0.29) is 0 Å². The molecule has 0 unspecified atom stereocenters. The van der Waals surface area contributed by atoms with Gasteiger partial charge in [0.1, 0.15) is 0 Å². The summed E-state index contributed by atoms with van der Waals surface area (Å²) in [4.78, 5) is 5.33. The zero-order chi connectivity index (χ0) is 10.5. The van der Waals surface area contributed by atoms with Crippen LogP contribution in [0, 0.1) is 0 Å². The second kappa shape index (κ2) is 5.25. The van der Waals surface area contributed by atoms with Crippen LogP contribution < -0.4 is 10.6 Å². The van der Waals surface area contributed by atoms with Gasteiger partial charge in [0.15, 0.2) is 4.96 Å². The number of nitrogens with zero attached hydrogens (tertiary/aromatic N) is 2. The van der Waals surface area contributed by atoms with E-state index in [0.29, 0.717) is 0 Å². The van der Waals surface area contributed by atoms with Gasteiger partial charge in [-0.05, 0) is 7.05 Å². The summed E-state index contributed by atoms with van der Waals surface area (Å²) in [5.74, 6) is 0. The largest absolute Gasteiger partial charge is 0.318 e. The van der Waals surface area contributed by atoms with Crippen LogP contribution in [0.4, 0.5) is 0 Å². The van der Waals surface area contributed by atoms with Gasteiger partial charge >= 0.3 is 0 Å². The van der Waals surface area contributed by atoms with Crippen LogP contribution in [0.25, 0.3) is 4.96 Å². The third-order valence-electron chi connectivity index (χ3n) is 2.33. The second-order valence-electron chi connectivity index (χ2n) is 3.41. The quantitative estimate of drug-likeness (QED) is 0.711. The smallest absolute Gasteiger partial charge is 0.193 e. The van der Waals surface area contributed by atoms with Gasteiger partial charge in [-0.15, -0.1) is 11.3 Å². The fraction of sp³-hybridized carbons (Fsp3) is 0.500. The number of likely N-dealkylation sites (N-methyl/N-ethyl adjacent to an activating group) is 1. The highest BCUT2D eigenvalue weighted by atomic mass is 32.1. The molecule has 0 amide bonds. The number of thiazole rings is 1. The van der Waals surface area contributed by atoms with Crippen molar-refractivity contribution in [2.45, 2.75) is 6.42 Å². The van der Waals surface area contributed by atoms with Gasteiger partial charge in [0, 0.05) is 49.5 Å². The molecule has 0 fully saturated rings. The van der Waals surface area contributed by atoms with E-state index >= 15 is 0 Å². The van der Waals surface area contributed by atoms with Crippen LogP contribution in [0.5, 0.6) is 0 Å². The highest BCUT2D eigenvalue weighted by Gasteiger charge is 2.02. The van der Waals surface area contributed by atoms with E-state index < -0.39 is 0 Å². The minimum absolute atomic E-state index is 1.02. The minimum atomic E-state index is 1.02. The zero-order valence-corrected chi connectivity index (χ0v) is 9.68. The highest BCUT2D eigenvalue weighted by Crippen LogP contribution is 2.14. The Morgan fingerprint density at radius 2 is 2.33 bits per heavy atom. The summed E-state index contributed by atoms with van der Waals surface area (Å²) in [7, 11) is 1.97. The SMILES string of the molecule is CNCCNCCc1csc2nccn12. The number of aromatic nitrogens is 2. The molecule has 2 rings (SSSR count). The van der Waals surface area contributed by atoms with Crippen molar-refractivity contribution in [1.29, 1.82) is 0 Å². The molecule has 0 spiro atoms. The van der Waals surface area contributed by atoms with Crippen molar-refractivity contribution in [2.75, 3.05) is 26.7 Å². The lowest BCUT2D eigenvalue weighted by atomic mass is 10.3. The van der Waals surface area contributed by atoms with E-state index in [1.807, 2.05) is 19.4 Å². The molecular formula is C10H16N4S. The Labute approximate surface area is 93.3 Å². The number of hydrogen-bond donors (Lipinski definition) is 2. The molecule has 2 aromatic heterocycles. The molecule has 82 valence electrons. The van der Waals surface area contributed by atoms with Crippen molar-refractivity contribution in [1.82, 2.24) is 20.0 Å². The van der Waals surface area contributed by atoms with Crippen LogP contribution in [0.3, 0.4) is 0 Å². The predicted octanol–water partition coefficient (Wildman–Crippen LogP) is 0.747. The summed E-state index contributed by atoms with van der Waals surface area (Å²) in [6.07, 6.45) is 4.93. The third-order valence-corrected chi connectivity index (χ3v) is 3.23. The van der Waals surface area contributed by atoms with Crippen LogP contribution in [-0.2, 0) is 6.42 Å². The molecule has 2 N–H and O–H groups in total. The van der Waals surface area contributed by atoms with E-state index in [1.54, 1.807) is 11.3 Å². The molecule has 0 bridgehead atoms. The van der Waals surface area contributed by atoms with Gasteiger partial charge in [0.05, 0.1) is 0 Å². The maximum absolute atomic E-state index is 4.25. The Morgan fingerprint density at radius 1 is 1.40 bits per heavy atom.